The Hall–Kier alpha value is -2.57. The van der Waals surface area contributed by atoms with Crippen LogP contribution in [0.2, 0.25) is 0 Å². The molecule has 0 aliphatic carbocycles. The average molecular weight is 344 g/mol. The highest BCUT2D eigenvalue weighted by Crippen LogP contribution is 2.35. The maximum absolute atomic E-state index is 12.4. The first-order chi connectivity index (χ1) is 11.9. The third-order valence-corrected chi connectivity index (χ3v) is 4.06. The molecule has 1 amide bonds. The molecule has 25 heavy (non-hydrogen) atoms. The summed E-state index contributed by atoms with van der Waals surface area (Å²) in [6.07, 6.45) is 3.15. The summed E-state index contributed by atoms with van der Waals surface area (Å²) in [4.78, 5) is 18.5. The van der Waals surface area contributed by atoms with Crippen molar-refractivity contribution in [2.24, 2.45) is 0 Å². The molecule has 134 valence electrons. The van der Waals surface area contributed by atoms with E-state index >= 15 is 0 Å². The molecule has 0 saturated carbocycles. The summed E-state index contributed by atoms with van der Waals surface area (Å²) in [5.41, 5.74) is 1.04. The summed E-state index contributed by atoms with van der Waals surface area (Å²) < 4.78 is 11.1. The molecule has 0 spiro atoms. The van der Waals surface area contributed by atoms with Gasteiger partial charge in [0, 0.05) is 31.4 Å². The van der Waals surface area contributed by atoms with E-state index in [1.165, 1.54) is 0 Å². The van der Waals surface area contributed by atoms with Crippen LogP contribution >= 0.6 is 0 Å². The van der Waals surface area contributed by atoms with E-state index in [0.29, 0.717) is 18.0 Å². The van der Waals surface area contributed by atoms with Gasteiger partial charge in [0.2, 0.25) is 0 Å². The van der Waals surface area contributed by atoms with Crippen molar-refractivity contribution in [1.82, 2.24) is 15.0 Å². The molecule has 1 atom stereocenters. The quantitative estimate of drug-likeness (QED) is 0.911. The van der Waals surface area contributed by atoms with Crippen LogP contribution in [0.15, 0.2) is 28.9 Å². The summed E-state index contributed by atoms with van der Waals surface area (Å²) in [7, 11) is 1.81. The van der Waals surface area contributed by atoms with Gasteiger partial charge in [-0.2, -0.15) is 0 Å². The van der Waals surface area contributed by atoms with Crippen molar-refractivity contribution < 1.29 is 14.1 Å². The lowest BCUT2D eigenvalue weighted by molar-refractivity contribution is 0.0204. The Bertz CT molecular complexity index is 751. The van der Waals surface area contributed by atoms with E-state index in [9.17, 15) is 4.79 Å². The molecule has 1 aliphatic rings. The van der Waals surface area contributed by atoms with Crippen LogP contribution in [0.5, 0.6) is 0 Å². The van der Waals surface area contributed by atoms with E-state index in [4.69, 9.17) is 9.26 Å². The number of amides is 1. The van der Waals surface area contributed by atoms with Crippen LogP contribution in [-0.4, -0.2) is 40.3 Å². The van der Waals surface area contributed by atoms with Crippen LogP contribution in [0, 0.1) is 0 Å². The Morgan fingerprint density at radius 1 is 1.44 bits per heavy atom. The summed E-state index contributed by atoms with van der Waals surface area (Å²) in [6.45, 7) is 6.25. The number of ether oxygens (including phenoxy) is 1. The van der Waals surface area contributed by atoms with E-state index in [2.05, 4.69) is 15.5 Å². The fourth-order valence-corrected chi connectivity index (χ4v) is 2.99. The second-order valence-electron chi connectivity index (χ2n) is 7.10. The first kappa shape index (κ1) is 17.3. The van der Waals surface area contributed by atoms with E-state index in [-0.39, 0.29) is 12.1 Å². The minimum absolute atomic E-state index is 0.147. The van der Waals surface area contributed by atoms with Crippen molar-refractivity contribution in [3.05, 3.63) is 30.2 Å². The van der Waals surface area contributed by atoms with Gasteiger partial charge < -0.3 is 14.6 Å². The molecule has 2 aromatic heterocycles. The fraction of sp³-hybridized carbons (Fsp3) is 0.500. The molecule has 1 N–H and O–H groups in total. The molecule has 0 radical (unpaired) electrons. The van der Waals surface area contributed by atoms with Gasteiger partial charge in [0.25, 0.3) is 0 Å². The number of nitrogens with zero attached hydrogens (tertiary/aromatic N) is 3. The van der Waals surface area contributed by atoms with Crippen molar-refractivity contribution >= 4 is 11.9 Å². The largest absolute Gasteiger partial charge is 0.444 e. The van der Waals surface area contributed by atoms with Crippen LogP contribution in [0.1, 0.15) is 45.4 Å². The van der Waals surface area contributed by atoms with E-state index < -0.39 is 5.60 Å². The maximum atomic E-state index is 12.4. The second-order valence-corrected chi connectivity index (χ2v) is 7.10. The number of rotatable bonds is 3. The first-order valence-electron chi connectivity index (χ1n) is 8.48. The number of likely N-dealkylation sites (tertiary alicyclic amines) is 1. The van der Waals surface area contributed by atoms with Crippen LogP contribution in [0.25, 0.3) is 11.3 Å². The smallest absolute Gasteiger partial charge is 0.410 e. The number of hydrogen-bond donors (Lipinski definition) is 1. The van der Waals surface area contributed by atoms with E-state index in [0.717, 1.165) is 24.2 Å². The molecule has 7 nitrogen and oxygen atoms in total. The van der Waals surface area contributed by atoms with Gasteiger partial charge in [-0.25, -0.2) is 9.78 Å². The first-order valence-corrected chi connectivity index (χ1v) is 8.48. The second kappa shape index (κ2) is 6.74. The molecule has 0 aromatic carbocycles. The highest BCUT2D eigenvalue weighted by atomic mass is 16.6. The highest BCUT2D eigenvalue weighted by molar-refractivity contribution is 5.72. The van der Waals surface area contributed by atoms with Gasteiger partial charge in [0.1, 0.15) is 17.1 Å². The predicted octanol–water partition coefficient (Wildman–Crippen LogP) is 3.85. The van der Waals surface area contributed by atoms with E-state index in [1.807, 2.05) is 46.0 Å². The lowest BCUT2D eigenvalue weighted by Gasteiger charge is -2.27. The molecule has 2 aromatic rings. The molecule has 1 aliphatic heterocycles. The fourth-order valence-electron chi connectivity index (χ4n) is 2.99. The zero-order valence-electron chi connectivity index (χ0n) is 15.1. The maximum Gasteiger partial charge on any atom is 0.410 e. The van der Waals surface area contributed by atoms with Gasteiger partial charge in [-0.15, -0.1) is 0 Å². The number of nitrogens with one attached hydrogen (secondary N) is 1. The number of carbonyl (C=O) groups excluding carboxylic acids is 1. The molecular weight excluding hydrogens is 320 g/mol. The molecule has 0 unspecified atom stereocenters. The van der Waals surface area contributed by atoms with Crippen LogP contribution in [0.4, 0.5) is 10.6 Å². The third-order valence-electron chi connectivity index (χ3n) is 4.06. The molecule has 3 rings (SSSR count). The predicted molar refractivity (Wildman–Crippen MR) is 94.2 cm³/mol. The summed E-state index contributed by atoms with van der Waals surface area (Å²) in [6, 6.07) is 5.52. The Labute approximate surface area is 147 Å². The van der Waals surface area contributed by atoms with E-state index in [1.54, 1.807) is 11.1 Å². The summed E-state index contributed by atoms with van der Waals surface area (Å²) >= 11 is 0. The monoisotopic (exact) mass is 344 g/mol. The number of carbonyl (C=O) groups is 1. The zero-order chi connectivity index (χ0) is 18.0. The number of aromatic nitrogens is 2. The Morgan fingerprint density at radius 2 is 2.24 bits per heavy atom. The normalized spacial score (nSPS) is 17.6. The summed E-state index contributed by atoms with van der Waals surface area (Å²) in [5.74, 6) is 1.40. The Kier molecular flexibility index (Phi) is 4.65. The Balaban J connectivity index is 1.83. The highest BCUT2D eigenvalue weighted by Gasteiger charge is 2.35. The van der Waals surface area contributed by atoms with Crippen LogP contribution in [0.3, 0.4) is 0 Å². The SMILES string of the molecule is CNc1ncccc1-c1cc([C@@H]2CCCN2C(=O)OC(C)(C)C)on1. The standard InChI is InChI=1S/C18H24N4O3/c1-18(2,3)24-17(23)22-10-6-8-14(22)15-11-13(21-25-15)12-7-5-9-20-16(12)19-4/h5,7,9,11,14H,6,8,10H2,1-4H3,(H,19,20)/t14-/m0/s1. The van der Waals surface area contributed by atoms with Gasteiger partial charge in [-0.1, -0.05) is 5.16 Å². The lowest BCUT2D eigenvalue weighted by Crippen LogP contribution is -2.36. The van der Waals surface area contributed by atoms with Gasteiger partial charge >= 0.3 is 6.09 Å². The van der Waals surface area contributed by atoms with Crippen LogP contribution in [-0.2, 0) is 4.74 Å². The average Bonchev–Trinajstić information content (AvgIpc) is 3.22. The van der Waals surface area contributed by atoms with Gasteiger partial charge in [0.15, 0.2) is 5.76 Å². The lowest BCUT2D eigenvalue weighted by atomic mass is 10.1. The molecular formula is C18H24N4O3. The molecule has 7 heteroatoms. The minimum Gasteiger partial charge on any atom is -0.444 e. The van der Waals surface area contributed by atoms with Crippen molar-refractivity contribution in [2.45, 2.75) is 45.3 Å². The topological polar surface area (TPSA) is 80.5 Å². The number of pyridine rings is 1. The molecule has 3 heterocycles. The number of anilines is 1. The third kappa shape index (κ3) is 3.75. The molecule has 1 saturated heterocycles. The van der Waals surface area contributed by atoms with Gasteiger partial charge in [-0.05, 0) is 45.7 Å². The van der Waals surface area contributed by atoms with Crippen molar-refractivity contribution in [3.63, 3.8) is 0 Å². The van der Waals surface area contributed by atoms with Crippen molar-refractivity contribution in [1.29, 1.82) is 0 Å². The molecule has 0 bridgehead atoms. The van der Waals surface area contributed by atoms with Gasteiger partial charge in [0.05, 0.1) is 6.04 Å². The van der Waals surface area contributed by atoms with Crippen molar-refractivity contribution in [2.75, 3.05) is 18.9 Å². The van der Waals surface area contributed by atoms with Gasteiger partial charge in [-0.3, -0.25) is 4.90 Å². The Morgan fingerprint density at radius 3 is 2.96 bits per heavy atom. The van der Waals surface area contributed by atoms with Crippen LogP contribution < -0.4 is 5.32 Å². The number of hydrogen-bond acceptors (Lipinski definition) is 6. The van der Waals surface area contributed by atoms with Crippen molar-refractivity contribution in [3.8, 4) is 11.3 Å². The molecule has 1 fully saturated rings. The zero-order valence-corrected chi connectivity index (χ0v) is 15.1. The summed E-state index contributed by atoms with van der Waals surface area (Å²) in [5, 5.41) is 7.22. The minimum atomic E-state index is -0.520.